The van der Waals surface area contributed by atoms with E-state index in [1.165, 1.54) is 116 Å². The Hall–Kier alpha value is -1.10. The molecule has 226 valence electrons. The monoisotopic (exact) mass is 540 g/mol. The minimum absolute atomic E-state index is 0.0580. The molecule has 0 aliphatic rings. The Labute approximate surface area is 236 Å². The fraction of sp³-hybridized carbons (Fsp3) is 0.939. The molecule has 38 heavy (non-hydrogen) atoms. The van der Waals surface area contributed by atoms with Crippen LogP contribution in [-0.4, -0.2) is 36.4 Å². The molecule has 0 amide bonds. The van der Waals surface area contributed by atoms with E-state index in [0.717, 1.165) is 38.5 Å². The Morgan fingerprint density at radius 1 is 0.500 bits per heavy atom. The quantitative estimate of drug-likeness (QED) is 0.0725. The van der Waals surface area contributed by atoms with Gasteiger partial charge in [0.25, 0.3) is 0 Å². The van der Waals surface area contributed by atoms with E-state index < -0.39 is 6.10 Å². The van der Waals surface area contributed by atoms with Crippen molar-refractivity contribution in [3.8, 4) is 0 Å². The number of carbonyl (C=O) groups excluding carboxylic acids is 2. The molecule has 0 aromatic rings. The summed E-state index contributed by atoms with van der Waals surface area (Å²) in [5, 5.41) is 9.48. The van der Waals surface area contributed by atoms with Gasteiger partial charge in [-0.05, 0) is 12.8 Å². The zero-order valence-corrected chi connectivity index (χ0v) is 25.5. The summed E-state index contributed by atoms with van der Waals surface area (Å²) in [6.07, 6.45) is 30.1. The summed E-state index contributed by atoms with van der Waals surface area (Å²) < 4.78 is 10.5. The molecule has 1 N–H and O–H groups in total. The van der Waals surface area contributed by atoms with Crippen LogP contribution in [0.15, 0.2) is 0 Å². The van der Waals surface area contributed by atoms with E-state index in [1.54, 1.807) is 0 Å². The Morgan fingerprint density at radius 2 is 0.816 bits per heavy atom. The van der Waals surface area contributed by atoms with Crippen molar-refractivity contribution >= 4 is 11.9 Å². The Kier molecular flexibility index (Phi) is 29.6. The van der Waals surface area contributed by atoms with Gasteiger partial charge in [0.15, 0.2) is 6.10 Å². The third-order valence-corrected chi connectivity index (χ3v) is 7.40. The maximum atomic E-state index is 12.1. The highest BCUT2D eigenvalue weighted by molar-refractivity contribution is 5.70. The van der Waals surface area contributed by atoms with Gasteiger partial charge in [-0.25, -0.2) is 0 Å². The second-order valence-electron chi connectivity index (χ2n) is 11.3. The first-order valence-electron chi connectivity index (χ1n) is 16.6. The molecular weight excluding hydrogens is 476 g/mol. The molecular formula is C33H64O5. The molecule has 0 saturated carbocycles. The van der Waals surface area contributed by atoms with Gasteiger partial charge in [0.2, 0.25) is 0 Å². The fourth-order valence-electron chi connectivity index (χ4n) is 4.85. The lowest BCUT2D eigenvalue weighted by molar-refractivity contribution is -0.161. The fourth-order valence-corrected chi connectivity index (χ4v) is 4.85. The summed E-state index contributed by atoms with van der Waals surface area (Å²) in [6.45, 7) is 4.12. The van der Waals surface area contributed by atoms with E-state index in [1.807, 2.05) is 0 Å². The van der Waals surface area contributed by atoms with Gasteiger partial charge in [-0.2, -0.15) is 0 Å². The van der Waals surface area contributed by atoms with E-state index in [4.69, 9.17) is 9.47 Å². The molecule has 0 heterocycles. The zero-order valence-electron chi connectivity index (χ0n) is 25.5. The van der Waals surface area contributed by atoms with Crippen LogP contribution in [0, 0.1) is 0 Å². The van der Waals surface area contributed by atoms with E-state index in [-0.39, 0.29) is 25.2 Å². The second kappa shape index (κ2) is 30.4. The topological polar surface area (TPSA) is 72.8 Å². The van der Waals surface area contributed by atoms with Crippen molar-refractivity contribution in [1.29, 1.82) is 0 Å². The van der Waals surface area contributed by atoms with Crippen LogP contribution in [0.4, 0.5) is 0 Å². The molecule has 5 heteroatoms. The minimum atomic E-state index is -0.759. The highest BCUT2D eigenvalue weighted by Gasteiger charge is 2.16. The van der Waals surface area contributed by atoms with Gasteiger partial charge in [0, 0.05) is 12.8 Å². The molecule has 0 rings (SSSR count). The maximum Gasteiger partial charge on any atom is 0.306 e. The number of aliphatic hydroxyl groups excluding tert-OH is 1. The van der Waals surface area contributed by atoms with Gasteiger partial charge in [-0.1, -0.05) is 155 Å². The normalized spacial score (nSPS) is 12.0. The molecule has 0 bridgehead atoms. The van der Waals surface area contributed by atoms with Gasteiger partial charge in [-0.15, -0.1) is 0 Å². The van der Waals surface area contributed by atoms with Gasteiger partial charge in [-0.3, -0.25) is 9.59 Å². The first-order valence-corrected chi connectivity index (χ1v) is 16.6. The summed E-state index contributed by atoms with van der Waals surface area (Å²) in [5.74, 6) is -0.584. The highest BCUT2D eigenvalue weighted by atomic mass is 16.6. The van der Waals surface area contributed by atoms with Crippen molar-refractivity contribution in [3.05, 3.63) is 0 Å². The highest BCUT2D eigenvalue weighted by Crippen LogP contribution is 2.14. The largest absolute Gasteiger partial charge is 0.462 e. The zero-order chi connectivity index (χ0) is 27.9. The molecule has 1 atom stereocenters. The predicted octanol–water partition coefficient (Wildman–Crippen LogP) is 9.62. The summed E-state index contributed by atoms with van der Waals surface area (Å²) in [5.41, 5.74) is 0. The molecule has 0 aliphatic carbocycles. The lowest BCUT2D eigenvalue weighted by Crippen LogP contribution is -2.28. The number of unbranched alkanes of at least 4 members (excludes halogenated alkanes) is 22. The Balaban J connectivity index is 3.54. The summed E-state index contributed by atoms with van der Waals surface area (Å²) >= 11 is 0. The van der Waals surface area contributed by atoms with Gasteiger partial charge >= 0.3 is 11.9 Å². The second-order valence-corrected chi connectivity index (χ2v) is 11.3. The molecule has 5 nitrogen and oxygen atoms in total. The maximum absolute atomic E-state index is 12.1. The van der Waals surface area contributed by atoms with Crippen molar-refractivity contribution in [2.24, 2.45) is 0 Å². The van der Waals surface area contributed by atoms with Crippen molar-refractivity contribution in [3.63, 3.8) is 0 Å². The number of hydrogen-bond donors (Lipinski definition) is 1. The minimum Gasteiger partial charge on any atom is -0.462 e. The van der Waals surface area contributed by atoms with Crippen LogP contribution in [0.2, 0.25) is 0 Å². The van der Waals surface area contributed by atoms with Crippen LogP contribution in [0.5, 0.6) is 0 Å². The molecule has 0 aromatic carbocycles. The summed E-state index contributed by atoms with van der Waals surface area (Å²) in [7, 11) is 0. The molecule has 0 saturated heterocycles. The van der Waals surface area contributed by atoms with Gasteiger partial charge in [0.05, 0.1) is 6.61 Å². The lowest BCUT2D eigenvalue weighted by Gasteiger charge is -2.15. The number of hydrogen-bond acceptors (Lipinski definition) is 5. The van der Waals surface area contributed by atoms with E-state index in [2.05, 4.69) is 13.8 Å². The van der Waals surface area contributed by atoms with E-state index in [9.17, 15) is 14.7 Å². The van der Waals surface area contributed by atoms with Crippen LogP contribution >= 0.6 is 0 Å². The molecule has 1 unspecified atom stereocenters. The van der Waals surface area contributed by atoms with E-state index >= 15 is 0 Å². The van der Waals surface area contributed by atoms with Crippen LogP contribution in [0.25, 0.3) is 0 Å². The van der Waals surface area contributed by atoms with Crippen molar-refractivity contribution in [1.82, 2.24) is 0 Å². The Morgan fingerprint density at radius 3 is 1.16 bits per heavy atom. The third-order valence-electron chi connectivity index (χ3n) is 7.40. The summed E-state index contributed by atoms with van der Waals surface area (Å²) in [6, 6.07) is 0. The van der Waals surface area contributed by atoms with Crippen molar-refractivity contribution in [2.45, 2.75) is 187 Å². The SMILES string of the molecule is CCCCCCCCCCCCCCCCC(=O)OC(CO)COC(=O)CCCCCCCCCCCC. The van der Waals surface area contributed by atoms with Gasteiger partial charge < -0.3 is 14.6 Å². The van der Waals surface area contributed by atoms with E-state index in [0.29, 0.717) is 12.8 Å². The number of carbonyl (C=O) groups is 2. The van der Waals surface area contributed by atoms with Crippen LogP contribution in [-0.2, 0) is 19.1 Å². The molecule has 0 aromatic heterocycles. The number of ether oxygens (including phenoxy) is 2. The van der Waals surface area contributed by atoms with Crippen molar-refractivity contribution in [2.75, 3.05) is 13.2 Å². The van der Waals surface area contributed by atoms with Crippen LogP contribution in [0.1, 0.15) is 181 Å². The van der Waals surface area contributed by atoms with Crippen molar-refractivity contribution < 1.29 is 24.2 Å². The number of esters is 2. The first kappa shape index (κ1) is 36.9. The lowest BCUT2D eigenvalue weighted by atomic mass is 10.0. The third kappa shape index (κ3) is 27.9. The average Bonchev–Trinajstić information content (AvgIpc) is 2.92. The standard InChI is InChI=1S/C33H64O5/c1-3-5-7-9-11-13-15-16-17-18-20-22-24-26-28-33(36)38-31(29-34)30-37-32(35)27-25-23-21-19-14-12-10-8-6-4-2/h31,34H,3-30H2,1-2H3. The smallest absolute Gasteiger partial charge is 0.306 e. The number of aliphatic hydroxyl groups is 1. The van der Waals surface area contributed by atoms with Gasteiger partial charge in [0.1, 0.15) is 6.61 Å². The average molecular weight is 541 g/mol. The van der Waals surface area contributed by atoms with Crippen LogP contribution in [0.3, 0.4) is 0 Å². The molecule has 0 radical (unpaired) electrons. The molecule has 0 fully saturated rings. The van der Waals surface area contributed by atoms with Crippen LogP contribution < -0.4 is 0 Å². The Bertz CT molecular complexity index is 508. The number of rotatable bonds is 30. The molecule has 0 aliphatic heterocycles. The molecule has 0 spiro atoms. The summed E-state index contributed by atoms with van der Waals surface area (Å²) in [4.78, 5) is 24.0. The first-order chi connectivity index (χ1) is 18.6. The predicted molar refractivity (Wildman–Crippen MR) is 159 cm³/mol.